The van der Waals surface area contributed by atoms with E-state index in [0.717, 1.165) is 38.5 Å². The zero-order valence-corrected chi connectivity index (χ0v) is 12.1. The van der Waals surface area contributed by atoms with Crippen LogP contribution in [0.3, 0.4) is 0 Å². The minimum absolute atomic E-state index is 0.00875. The van der Waals surface area contributed by atoms with E-state index < -0.39 is 5.54 Å². The van der Waals surface area contributed by atoms with Crippen molar-refractivity contribution in [3.8, 4) is 0 Å². The first-order valence-corrected chi connectivity index (χ1v) is 7.45. The molecule has 20 heavy (non-hydrogen) atoms. The lowest BCUT2D eigenvalue weighted by Crippen LogP contribution is -2.60. The summed E-state index contributed by atoms with van der Waals surface area (Å²) in [5, 5.41) is 15.3. The first-order valence-electron chi connectivity index (χ1n) is 7.45. The normalized spacial score (nSPS) is 32.9. The van der Waals surface area contributed by atoms with E-state index in [4.69, 9.17) is 15.7 Å². The van der Waals surface area contributed by atoms with E-state index in [-0.39, 0.29) is 17.7 Å². The van der Waals surface area contributed by atoms with Gasteiger partial charge in [-0.1, -0.05) is 12.1 Å². The van der Waals surface area contributed by atoms with Gasteiger partial charge >= 0.3 is 0 Å². The zero-order chi connectivity index (χ0) is 14.6. The molecule has 114 valence electrons. The Morgan fingerprint density at radius 3 is 2.45 bits per heavy atom. The Hall–Kier alpha value is -1.30. The molecule has 4 N–H and O–H groups in total. The molecule has 0 aromatic heterocycles. The first-order chi connectivity index (χ1) is 9.57. The van der Waals surface area contributed by atoms with E-state index in [1.165, 1.54) is 0 Å². The van der Waals surface area contributed by atoms with Gasteiger partial charge in [-0.2, -0.15) is 0 Å². The summed E-state index contributed by atoms with van der Waals surface area (Å²) in [4.78, 5) is 12.4. The molecule has 0 aromatic carbocycles. The molecule has 2 aliphatic rings. The molecule has 0 unspecified atom stereocenters. The summed E-state index contributed by atoms with van der Waals surface area (Å²) in [5.41, 5.74) is 5.20. The quantitative estimate of drug-likeness (QED) is 0.314. The third kappa shape index (κ3) is 3.23. The van der Waals surface area contributed by atoms with Crippen LogP contribution in [0.2, 0.25) is 0 Å². The van der Waals surface area contributed by atoms with Crippen molar-refractivity contribution in [1.82, 2.24) is 5.32 Å². The predicted molar refractivity (Wildman–Crippen MR) is 75.5 cm³/mol. The summed E-state index contributed by atoms with van der Waals surface area (Å²) in [7, 11) is 0. The van der Waals surface area contributed by atoms with Crippen molar-refractivity contribution in [2.75, 3.05) is 13.2 Å². The molecule has 0 bridgehead atoms. The molecule has 6 heteroatoms. The van der Waals surface area contributed by atoms with Crippen LogP contribution in [-0.2, 0) is 9.53 Å². The molecular formula is C14H25N3O3. The molecule has 1 aliphatic carbocycles. The molecule has 1 amide bonds. The number of rotatable bonds is 3. The summed E-state index contributed by atoms with van der Waals surface area (Å²) in [6, 6.07) is 0. The van der Waals surface area contributed by atoms with Crippen LogP contribution >= 0.6 is 0 Å². The van der Waals surface area contributed by atoms with E-state index in [1.54, 1.807) is 0 Å². The Morgan fingerprint density at radius 1 is 1.30 bits per heavy atom. The number of carbonyl (C=O) groups excluding carboxylic acids is 1. The van der Waals surface area contributed by atoms with Crippen LogP contribution in [-0.4, -0.2) is 35.7 Å². The highest BCUT2D eigenvalue weighted by Gasteiger charge is 2.41. The largest absolute Gasteiger partial charge is 0.409 e. The van der Waals surface area contributed by atoms with Crippen LogP contribution in [0.4, 0.5) is 0 Å². The summed E-state index contributed by atoms with van der Waals surface area (Å²) >= 11 is 0. The van der Waals surface area contributed by atoms with Gasteiger partial charge < -0.3 is 21.0 Å². The third-order valence-corrected chi connectivity index (χ3v) is 4.68. The standard InChI is InChI=1S/C14H25N3O3/c1-10-2-6-14(7-3-10,13(15)17-19)16-12(18)11-4-8-20-9-5-11/h10-11,19H,2-9H2,1H3,(H2,15,17)(H,16,18). The van der Waals surface area contributed by atoms with Crippen molar-refractivity contribution >= 4 is 11.7 Å². The molecule has 0 atom stereocenters. The fourth-order valence-electron chi connectivity index (χ4n) is 3.09. The Labute approximate surface area is 119 Å². The second kappa shape index (κ2) is 6.43. The van der Waals surface area contributed by atoms with Gasteiger partial charge in [-0.25, -0.2) is 0 Å². The number of oxime groups is 1. The van der Waals surface area contributed by atoms with Gasteiger partial charge in [0.1, 0.15) is 5.54 Å². The smallest absolute Gasteiger partial charge is 0.224 e. The van der Waals surface area contributed by atoms with E-state index in [1.807, 2.05) is 0 Å². The van der Waals surface area contributed by atoms with Gasteiger partial charge in [0.25, 0.3) is 0 Å². The molecule has 2 rings (SSSR count). The molecule has 2 fully saturated rings. The fourth-order valence-corrected chi connectivity index (χ4v) is 3.09. The number of amides is 1. The van der Waals surface area contributed by atoms with Gasteiger partial charge in [0.2, 0.25) is 5.91 Å². The van der Waals surface area contributed by atoms with Crippen molar-refractivity contribution in [2.24, 2.45) is 22.7 Å². The van der Waals surface area contributed by atoms with Crippen LogP contribution in [0, 0.1) is 11.8 Å². The number of hydrogen-bond donors (Lipinski definition) is 3. The van der Waals surface area contributed by atoms with E-state index >= 15 is 0 Å². The number of hydrogen-bond acceptors (Lipinski definition) is 4. The predicted octanol–water partition coefficient (Wildman–Crippen LogP) is 1.22. The van der Waals surface area contributed by atoms with Gasteiger partial charge in [-0.3, -0.25) is 4.79 Å². The van der Waals surface area contributed by atoms with Crippen LogP contribution in [0.5, 0.6) is 0 Å². The molecule has 1 saturated carbocycles. The maximum atomic E-state index is 12.4. The molecule has 0 spiro atoms. The van der Waals surface area contributed by atoms with Crippen LogP contribution in [0.25, 0.3) is 0 Å². The maximum Gasteiger partial charge on any atom is 0.224 e. The Balaban J connectivity index is 2.06. The van der Waals surface area contributed by atoms with E-state index in [2.05, 4.69) is 17.4 Å². The highest BCUT2D eigenvalue weighted by molar-refractivity contribution is 5.94. The Bertz CT molecular complexity index is 370. The van der Waals surface area contributed by atoms with Gasteiger partial charge in [0.15, 0.2) is 5.84 Å². The molecule has 6 nitrogen and oxygen atoms in total. The highest BCUT2D eigenvalue weighted by Crippen LogP contribution is 2.32. The van der Waals surface area contributed by atoms with Crippen LogP contribution in [0.1, 0.15) is 45.4 Å². The summed E-state index contributed by atoms with van der Waals surface area (Å²) in [6.45, 7) is 3.45. The van der Waals surface area contributed by atoms with Gasteiger partial charge in [0.05, 0.1) is 0 Å². The number of nitrogens with two attached hydrogens (primary N) is 1. The third-order valence-electron chi connectivity index (χ3n) is 4.68. The monoisotopic (exact) mass is 283 g/mol. The number of ether oxygens (including phenoxy) is 1. The van der Waals surface area contributed by atoms with Crippen molar-refractivity contribution in [3.05, 3.63) is 0 Å². The SMILES string of the molecule is CC1CCC(NC(=O)C2CCOCC2)(C(N)=NO)CC1. The minimum atomic E-state index is -0.670. The Morgan fingerprint density at radius 2 is 1.90 bits per heavy atom. The molecule has 1 saturated heterocycles. The minimum Gasteiger partial charge on any atom is -0.409 e. The van der Waals surface area contributed by atoms with E-state index in [9.17, 15) is 4.79 Å². The van der Waals surface area contributed by atoms with Crippen LogP contribution < -0.4 is 11.1 Å². The molecule has 0 radical (unpaired) electrons. The lowest BCUT2D eigenvalue weighted by atomic mass is 9.76. The summed E-state index contributed by atoms with van der Waals surface area (Å²) < 4.78 is 5.28. The number of amidine groups is 1. The average Bonchev–Trinajstić information content (AvgIpc) is 2.49. The van der Waals surface area contributed by atoms with Crippen molar-refractivity contribution in [3.63, 3.8) is 0 Å². The number of carbonyl (C=O) groups is 1. The summed E-state index contributed by atoms with van der Waals surface area (Å²) in [5.74, 6) is 0.736. The van der Waals surface area contributed by atoms with Gasteiger partial charge in [-0.15, -0.1) is 0 Å². The lowest BCUT2D eigenvalue weighted by molar-refractivity contribution is -0.129. The molecular weight excluding hydrogens is 258 g/mol. The number of nitrogens with zero attached hydrogens (tertiary/aromatic N) is 1. The fraction of sp³-hybridized carbons (Fsp3) is 0.857. The van der Waals surface area contributed by atoms with Crippen LogP contribution in [0.15, 0.2) is 5.16 Å². The second-order valence-electron chi connectivity index (χ2n) is 6.13. The van der Waals surface area contributed by atoms with Crippen molar-refractivity contribution in [2.45, 2.75) is 51.0 Å². The van der Waals surface area contributed by atoms with E-state index in [0.29, 0.717) is 19.1 Å². The topological polar surface area (TPSA) is 96.9 Å². The van der Waals surface area contributed by atoms with Gasteiger partial charge in [0, 0.05) is 19.1 Å². The molecule has 1 aliphatic heterocycles. The molecule has 0 aromatic rings. The van der Waals surface area contributed by atoms with Gasteiger partial charge in [-0.05, 0) is 44.4 Å². The first kappa shape index (κ1) is 15.1. The van der Waals surface area contributed by atoms with Crippen molar-refractivity contribution < 1.29 is 14.7 Å². The summed E-state index contributed by atoms with van der Waals surface area (Å²) in [6.07, 6.45) is 4.91. The maximum absolute atomic E-state index is 12.4. The lowest BCUT2D eigenvalue weighted by Gasteiger charge is -2.40. The van der Waals surface area contributed by atoms with Crippen molar-refractivity contribution in [1.29, 1.82) is 0 Å². The Kier molecular flexibility index (Phi) is 4.86. The zero-order valence-electron chi connectivity index (χ0n) is 12.1. The average molecular weight is 283 g/mol. The molecule has 1 heterocycles. The highest BCUT2D eigenvalue weighted by atomic mass is 16.5. The second-order valence-corrected chi connectivity index (χ2v) is 6.13. The number of nitrogens with one attached hydrogen (secondary N) is 1.